The molecule has 2 aromatic rings. The number of hydrogen-bond donors (Lipinski definition) is 1. The van der Waals surface area contributed by atoms with Crippen molar-refractivity contribution in [3.63, 3.8) is 0 Å². The summed E-state index contributed by atoms with van der Waals surface area (Å²) in [5.41, 5.74) is -0.798. The van der Waals surface area contributed by atoms with Crippen LogP contribution in [0, 0.1) is 18.8 Å². The van der Waals surface area contributed by atoms with Crippen LogP contribution < -0.4 is 0 Å². The Balaban J connectivity index is 2.02. The Morgan fingerprint density at radius 3 is 2.52 bits per heavy atom. The van der Waals surface area contributed by atoms with Gasteiger partial charge in [0.2, 0.25) is 0 Å². The van der Waals surface area contributed by atoms with Crippen molar-refractivity contribution in [3.05, 3.63) is 47.3 Å². The maximum atomic E-state index is 13.7. The van der Waals surface area contributed by atoms with E-state index in [4.69, 9.17) is 0 Å². The number of nitrogens with zero attached hydrogens (tertiary/aromatic N) is 3. The highest BCUT2D eigenvalue weighted by Gasteiger charge is 2.44. The van der Waals surface area contributed by atoms with E-state index in [-0.39, 0.29) is 24.7 Å². The van der Waals surface area contributed by atoms with E-state index in [1.807, 2.05) is 0 Å². The molecule has 0 bridgehead atoms. The summed E-state index contributed by atoms with van der Waals surface area (Å²) < 4.78 is 41.9. The number of aromatic nitrogens is 2. The van der Waals surface area contributed by atoms with Gasteiger partial charge in [-0.3, -0.25) is 9.59 Å². The van der Waals surface area contributed by atoms with Crippen LogP contribution in [0.4, 0.5) is 13.2 Å². The first-order chi connectivity index (χ1) is 12.6. The fourth-order valence-electron chi connectivity index (χ4n) is 3.36. The Kier molecular flexibility index (Phi) is 4.71. The molecule has 0 unspecified atom stereocenters. The van der Waals surface area contributed by atoms with Gasteiger partial charge in [0.1, 0.15) is 0 Å². The van der Waals surface area contributed by atoms with Gasteiger partial charge in [0, 0.05) is 13.1 Å². The highest BCUT2D eigenvalue weighted by molar-refractivity contribution is 5.96. The lowest BCUT2D eigenvalue weighted by Crippen LogP contribution is -2.31. The smallest absolute Gasteiger partial charge is 0.434 e. The van der Waals surface area contributed by atoms with E-state index < -0.39 is 35.2 Å². The second-order valence-electron chi connectivity index (χ2n) is 6.79. The number of rotatable bonds is 3. The van der Waals surface area contributed by atoms with Crippen LogP contribution in [-0.4, -0.2) is 44.8 Å². The predicted octanol–water partition coefficient (Wildman–Crippen LogP) is 2.99. The van der Waals surface area contributed by atoms with Crippen molar-refractivity contribution in [1.82, 2.24) is 14.7 Å². The zero-order chi connectivity index (χ0) is 19.9. The summed E-state index contributed by atoms with van der Waals surface area (Å²) in [6, 6.07) is 6.36. The minimum Gasteiger partial charge on any atom is -0.481 e. The molecule has 1 aromatic carbocycles. The first-order valence-corrected chi connectivity index (χ1v) is 8.34. The molecule has 0 spiro atoms. The van der Waals surface area contributed by atoms with Crippen molar-refractivity contribution in [3.8, 4) is 5.69 Å². The summed E-state index contributed by atoms with van der Waals surface area (Å²) in [5.74, 6) is -3.07. The lowest BCUT2D eigenvalue weighted by atomic mass is 9.99. The minimum absolute atomic E-state index is 0.0860. The number of aryl methyl sites for hydroxylation is 1. The van der Waals surface area contributed by atoms with Crippen molar-refractivity contribution < 1.29 is 27.9 Å². The Morgan fingerprint density at radius 2 is 1.96 bits per heavy atom. The maximum Gasteiger partial charge on any atom is 0.434 e. The van der Waals surface area contributed by atoms with E-state index in [1.165, 1.54) is 12.1 Å². The van der Waals surface area contributed by atoms with E-state index in [0.717, 1.165) is 16.7 Å². The summed E-state index contributed by atoms with van der Waals surface area (Å²) in [7, 11) is 0. The fraction of sp³-hybridized carbons (Fsp3) is 0.389. The summed E-state index contributed by atoms with van der Waals surface area (Å²) in [5, 5.41) is 13.0. The number of aliphatic carboxylic acids is 1. The summed E-state index contributed by atoms with van der Waals surface area (Å²) in [6.45, 7) is 3.36. The van der Waals surface area contributed by atoms with Crippen molar-refractivity contribution in [2.45, 2.75) is 20.0 Å². The average molecular weight is 381 g/mol. The molecular formula is C18H18F3N3O3. The second-order valence-corrected chi connectivity index (χ2v) is 6.79. The molecule has 1 aromatic heterocycles. The van der Waals surface area contributed by atoms with Crippen molar-refractivity contribution in [2.24, 2.45) is 11.8 Å². The van der Waals surface area contributed by atoms with Crippen molar-refractivity contribution >= 4 is 11.9 Å². The molecule has 144 valence electrons. The van der Waals surface area contributed by atoms with Gasteiger partial charge in [-0.25, -0.2) is 4.68 Å². The Morgan fingerprint density at radius 1 is 1.26 bits per heavy atom. The molecule has 1 fully saturated rings. The number of amides is 1. The quantitative estimate of drug-likeness (QED) is 0.887. The fourth-order valence-corrected chi connectivity index (χ4v) is 3.36. The number of benzene rings is 1. The van der Waals surface area contributed by atoms with Gasteiger partial charge in [-0.1, -0.05) is 19.1 Å². The van der Waals surface area contributed by atoms with Crippen molar-refractivity contribution in [1.29, 1.82) is 0 Å². The van der Waals surface area contributed by atoms with Gasteiger partial charge in [-0.05, 0) is 30.5 Å². The SMILES string of the molecule is Cc1cccc(-n2ncc(C(=O)N3C[C@@H](C)[C@H](C(=O)O)C3)c2C(F)(F)F)c1. The van der Waals surface area contributed by atoms with Crippen LogP contribution in [0.25, 0.3) is 5.69 Å². The van der Waals surface area contributed by atoms with Crippen LogP contribution in [0.5, 0.6) is 0 Å². The van der Waals surface area contributed by atoms with Gasteiger partial charge in [0.05, 0.1) is 23.4 Å². The van der Waals surface area contributed by atoms with Crippen LogP contribution in [0.2, 0.25) is 0 Å². The summed E-state index contributed by atoms with van der Waals surface area (Å²) >= 11 is 0. The molecule has 9 heteroatoms. The van der Waals surface area contributed by atoms with Crippen LogP contribution in [0.3, 0.4) is 0 Å². The topological polar surface area (TPSA) is 75.4 Å². The van der Waals surface area contributed by atoms with E-state index >= 15 is 0 Å². The number of halogens is 3. The van der Waals surface area contributed by atoms with E-state index in [1.54, 1.807) is 26.0 Å². The third-order valence-electron chi connectivity index (χ3n) is 4.73. The molecule has 1 aliphatic rings. The van der Waals surface area contributed by atoms with Gasteiger partial charge >= 0.3 is 12.1 Å². The summed E-state index contributed by atoms with van der Waals surface area (Å²) in [6.07, 6.45) is -3.91. The van der Waals surface area contributed by atoms with E-state index in [2.05, 4.69) is 5.10 Å². The molecule has 6 nitrogen and oxygen atoms in total. The molecule has 27 heavy (non-hydrogen) atoms. The molecule has 1 aliphatic heterocycles. The normalized spacial score (nSPS) is 20.1. The maximum absolute atomic E-state index is 13.7. The lowest BCUT2D eigenvalue weighted by Gasteiger charge is -2.18. The van der Waals surface area contributed by atoms with Crippen molar-refractivity contribution in [2.75, 3.05) is 13.1 Å². The summed E-state index contributed by atoms with van der Waals surface area (Å²) in [4.78, 5) is 25.1. The average Bonchev–Trinajstić information content (AvgIpc) is 3.17. The third kappa shape index (κ3) is 3.54. The van der Waals surface area contributed by atoms with Gasteiger partial charge in [-0.2, -0.15) is 18.3 Å². The van der Waals surface area contributed by atoms with Crippen LogP contribution in [-0.2, 0) is 11.0 Å². The Hall–Kier alpha value is -2.84. The standard InChI is InChI=1S/C18H18F3N3O3/c1-10-4-3-5-12(6-10)24-15(18(19,20)21)13(7-22-24)16(25)23-8-11(2)14(9-23)17(26)27/h3-7,11,14H,8-9H2,1-2H3,(H,26,27)/t11-,14-/m1/s1. The van der Waals surface area contributed by atoms with Crippen LogP contribution in [0.15, 0.2) is 30.5 Å². The zero-order valence-corrected chi connectivity index (χ0v) is 14.7. The lowest BCUT2D eigenvalue weighted by molar-refractivity contribution is -0.144. The molecular weight excluding hydrogens is 363 g/mol. The number of carboxylic acid groups (broad SMARTS) is 1. The first kappa shape index (κ1) is 18.9. The second kappa shape index (κ2) is 6.71. The molecule has 1 saturated heterocycles. The van der Waals surface area contributed by atoms with Gasteiger partial charge in [-0.15, -0.1) is 0 Å². The number of carboxylic acids is 1. The molecule has 0 saturated carbocycles. The minimum atomic E-state index is -4.80. The molecule has 1 N–H and O–H groups in total. The Bertz CT molecular complexity index is 891. The Labute approximate surface area is 153 Å². The van der Waals surface area contributed by atoms with Gasteiger partial charge < -0.3 is 10.0 Å². The molecule has 0 radical (unpaired) electrons. The molecule has 0 aliphatic carbocycles. The zero-order valence-electron chi connectivity index (χ0n) is 14.7. The van der Waals surface area contributed by atoms with Crippen LogP contribution in [0.1, 0.15) is 28.5 Å². The largest absolute Gasteiger partial charge is 0.481 e. The molecule has 2 heterocycles. The van der Waals surface area contributed by atoms with Gasteiger partial charge in [0.15, 0.2) is 5.69 Å². The third-order valence-corrected chi connectivity index (χ3v) is 4.73. The number of likely N-dealkylation sites (tertiary alicyclic amines) is 1. The predicted molar refractivity (Wildman–Crippen MR) is 89.5 cm³/mol. The number of hydrogen-bond acceptors (Lipinski definition) is 3. The highest BCUT2D eigenvalue weighted by Crippen LogP contribution is 2.35. The van der Waals surface area contributed by atoms with E-state index in [9.17, 15) is 27.9 Å². The van der Waals surface area contributed by atoms with Gasteiger partial charge in [0.25, 0.3) is 5.91 Å². The molecule has 1 amide bonds. The number of carbonyl (C=O) groups is 2. The van der Waals surface area contributed by atoms with E-state index in [0.29, 0.717) is 4.68 Å². The first-order valence-electron chi connectivity index (χ1n) is 8.34. The molecule has 2 atom stereocenters. The highest BCUT2D eigenvalue weighted by atomic mass is 19.4. The monoisotopic (exact) mass is 381 g/mol. The van der Waals surface area contributed by atoms with Crippen LogP contribution >= 0.6 is 0 Å². The number of alkyl halides is 3. The number of carbonyl (C=O) groups excluding carboxylic acids is 1. The molecule has 3 rings (SSSR count).